The van der Waals surface area contributed by atoms with Gasteiger partial charge in [-0.05, 0) is 128 Å². The smallest absolute Gasteiger partial charge is 0.00206 e. The molecular formula is C48H30. The predicted octanol–water partition coefficient (Wildman–Crippen LogP) is 13.6. The fourth-order valence-corrected chi connectivity index (χ4v) is 7.86. The maximum absolute atomic E-state index is 2.37. The molecule has 0 saturated heterocycles. The molecule has 0 radical (unpaired) electrons. The SMILES string of the molecule is c1cc(-c2ccc3ccc(-c4cc5ccccc5c5c4ccc4ccccc45)cc3c2)cc(-c2cc3ccccc3c3ccccc23)c1. The van der Waals surface area contributed by atoms with E-state index < -0.39 is 0 Å². The van der Waals surface area contributed by atoms with Crippen molar-refractivity contribution in [2.45, 2.75) is 0 Å². The Labute approximate surface area is 279 Å². The minimum absolute atomic E-state index is 1.22. The van der Waals surface area contributed by atoms with Crippen LogP contribution >= 0.6 is 0 Å². The van der Waals surface area contributed by atoms with Crippen LogP contribution in [0.3, 0.4) is 0 Å². The lowest BCUT2D eigenvalue weighted by Gasteiger charge is -2.14. The molecule has 0 amide bonds. The van der Waals surface area contributed by atoms with Crippen LogP contribution in [0, 0.1) is 0 Å². The second-order valence-corrected chi connectivity index (χ2v) is 12.9. The van der Waals surface area contributed by atoms with Gasteiger partial charge in [0.2, 0.25) is 0 Å². The fraction of sp³-hybridized carbons (Fsp3) is 0. The van der Waals surface area contributed by atoms with Crippen molar-refractivity contribution >= 4 is 64.6 Å². The summed E-state index contributed by atoms with van der Waals surface area (Å²) in [4.78, 5) is 0. The van der Waals surface area contributed by atoms with Gasteiger partial charge in [-0.25, -0.2) is 0 Å². The Bertz CT molecular complexity index is 2870. The molecule has 0 unspecified atom stereocenters. The normalized spacial score (nSPS) is 11.8. The van der Waals surface area contributed by atoms with Crippen molar-refractivity contribution in [1.29, 1.82) is 0 Å². The van der Waals surface area contributed by atoms with Crippen LogP contribution in [-0.4, -0.2) is 0 Å². The van der Waals surface area contributed by atoms with E-state index in [9.17, 15) is 0 Å². The van der Waals surface area contributed by atoms with Crippen LogP contribution in [0.15, 0.2) is 182 Å². The summed E-state index contributed by atoms with van der Waals surface area (Å²) >= 11 is 0. The van der Waals surface area contributed by atoms with Gasteiger partial charge in [0.25, 0.3) is 0 Å². The summed E-state index contributed by atoms with van der Waals surface area (Å²) < 4.78 is 0. The summed E-state index contributed by atoms with van der Waals surface area (Å²) in [6.07, 6.45) is 0. The first-order valence-electron chi connectivity index (χ1n) is 16.7. The van der Waals surface area contributed by atoms with E-state index in [1.165, 1.54) is 98.0 Å². The van der Waals surface area contributed by atoms with Crippen LogP contribution in [0.5, 0.6) is 0 Å². The Morgan fingerprint density at radius 1 is 0.208 bits per heavy atom. The first-order valence-corrected chi connectivity index (χ1v) is 16.7. The van der Waals surface area contributed by atoms with E-state index in [1.807, 2.05) is 0 Å². The molecule has 0 N–H and O–H groups in total. The summed E-state index contributed by atoms with van der Waals surface area (Å²) in [5.41, 5.74) is 7.46. The summed E-state index contributed by atoms with van der Waals surface area (Å²) in [6, 6.07) is 67.2. The van der Waals surface area contributed by atoms with E-state index in [1.54, 1.807) is 0 Å². The zero-order valence-corrected chi connectivity index (χ0v) is 26.3. The van der Waals surface area contributed by atoms with Gasteiger partial charge in [-0.3, -0.25) is 0 Å². The molecule has 0 heterocycles. The van der Waals surface area contributed by atoms with Crippen molar-refractivity contribution in [2.24, 2.45) is 0 Å². The van der Waals surface area contributed by atoms with E-state index in [2.05, 4.69) is 182 Å². The van der Waals surface area contributed by atoms with Gasteiger partial charge >= 0.3 is 0 Å². The highest BCUT2D eigenvalue weighted by Gasteiger charge is 2.13. The van der Waals surface area contributed by atoms with E-state index in [0.29, 0.717) is 0 Å². The van der Waals surface area contributed by atoms with Gasteiger partial charge in [0.05, 0.1) is 0 Å². The second-order valence-electron chi connectivity index (χ2n) is 12.9. The fourth-order valence-electron chi connectivity index (χ4n) is 7.86. The van der Waals surface area contributed by atoms with Gasteiger partial charge in [-0.15, -0.1) is 0 Å². The lowest BCUT2D eigenvalue weighted by Crippen LogP contribution is -1.88. The van der Waals surface area contributed by atoms with Crippen LogP contribution in [0.25, 0.3) is 98.0 Å². The summed E-state index contributed by atoms with van der Waals surface area (Å²) in [5, 5.41) is 15.4. The molecule has 0 atom stereocenters. The van der Waals surface area contributed by atoms with E-state index in [-0.39, 0.29) is 0 Å². The third kappa shape index (κ3) is 4.24. The Balaban J connectivity index is 1.13. The lowest BCUT2D eigenvalue weighted by atomic mass is 9.89. The molecule has 0 aliphatic rings. The third-order valence-electron chi connectivity index (χ3n) is 10.2. The molecule has 0 bridgehead atoms. The van der Waals surface area contributed by atoms with Crippen molar-refractivity contribution in [1.82, 2.24) is 0 Å². The van der Waals surface area contributed by atoms with E-state index in [0.717, 1.165) is 0 Å². The standard InChI is InChI=1S/C48H30/c1-5-16-41-32(10-1)24-25-45-47(30-37-12-3-6-17-42(37)48(41)45)38-23-21-31-20-22-34(27-39(31)28-38)33-13-9-14-35(26-33)46-29-36-11-2-4-15-40(36)43-18-7-8-19-44(43)46/h1-30H. The quantitative estimate of drug-likeness (QED) is 0.176. The first kappa shape index (κ1) is 26.9. The topological polar surface area (TPSA) is 0 Å². The Kier molecular flexibility index (Phi) is 5.98. The van der Waals surface area contributed by atoms with Gasteiger partial charge in [-0.2, -0.15) is 0 Å². The molecule has 0 heteroatoms. The Hall–Kier alpha value is -6.24. The van der Waals surface area contributed by atoms with Crippen LogP contribution < -0.4 is 0 Å². The number of hydrogen-bond donors (Lipinski definition) is 0. The maximum Gasteiger partial charge on any atom is -0.00206 e. The Morgan fingerprint density at radius 2 is 0.708 bits per heavy atom. The average Bonchev–Trinajstić information content (AvgIpc) is 3.16. The highest BCUT2D eigenvalue weighted by atomic mass is 14.2. The monoisotopic (exact) mass is 606 g/mol. The predicted molar refractivity (Wildman–Crippen MR) is 208 cm³/mol. The summed E-state index contributed by atoms with van der Waals surface area (Å²) in [5.74, 6) is 0. The third-order valence-corrected chi connectivity index (χ3v) is 10.2. The molecule has 0 spiro atoms. The molecule has 0 aliphatic heterocycles. The van der Waals surface area contributed by atoms with E-state index >= 15 is 0 Å². The molecule has 0 fully saturated rings. The molecule has 0 aromatic heterocycles. The molecule has 0 saturated carbocycles. The molecule has 10 aromatic carbocycles. The first-order chi connectivity index (χ1) is 23.8. The molecule has 10 aromatic rings. The minimum Gasteiger partial charge on any atom is -0.0616 e. The van der Waals surface area contributed by atoms with Gasteiger partial charge in [0.1, 0.15) is 0 Å². The number of fused-ring (bicyclic) bond motifs is 9. The van der Waals surface area contributed by atoms with Crippen LogP contribution in [-0.2, 0) is 0 Å². The minimum atomic E-state index is 1.22. The highest BCUT2D eigenvalue weighted by Crippen LogP contribution is 2.41. The number of benzene rings is 10. The van der Waals surface area contributed by atoms with Gasteiger partial charge in [-0.1, -0.05) is 152 Å². The van der Waals surface area contributed by atoms with Crippen LogP contribution in [0.4, 0.5) is 0 Å². The second kappa shape index (κ2) is 10.7. The highest BCUT2D eigenvalue weighted by molar-refractivity contribution is 6.24. The van der Waals surface area contributed by atoms with Crippen LogP contribution in [0.1, 0.15) is 0 Å². The lowest BCUT2D eigenvalue weighted by molar-refractivity contribution is 1.62. The molecule has 0 aliphatic carbocycles. The zero-order valence-electron chi connectivity index (χ0n) is 26.3. The molecule has 48 heavy (non-hydrogen) atoms. The largest absolute Gasteiger partial charge is 0.0616 e. The van der Waals surface area contributed by atoms with Crippen molar-refractivity contribution in [3.8, 4) is 33.4 Å². The van der Waals surface area contributed by atoms with Crippen molar-refractivity contribution in [3.05, 3.63) is 182 Å². The Morgan fingerprint density at radius 3 is 1.50 bits per heavy atom. The molecule has 222 valence electrons. The van der Waals surface area contributed by atoms with Crippen molar-refractivity contribution < 1.29 is 0 Å². The molecular weight excluding hydrogens is 577 g/mol. The number of hydrogen-bond acceptors (Lipinski definition) is 0. The summed E-state index contributed by atoms with van der Waals surface area (Å²) in [7, 11) is 0. The number of rotatable bonds is 3. The van der Waals surface area contributed by atoms with E-state index in [4.69, 9.17) is 0 Å². The van der Waals surface area contributed by atoms with Crippen molar-refractivity contribution in [3.63, 3.8) is 0 Å². The molecule has 0 nitrogen and oxygen atoms in total. The zero-order chi connectivity index (χ0) is 31.6. The molecule has 10 rings (SSSR count). The van der Waals surface area contributed by atoms with Crippen LogP contribution in [0.2, 0.25) is 0 Å². The van der Waals surface area contributed by atoms with Gasteiger partial charge < -0.3 is 0 Å². The van der Waals surface area contributed by atoms with Gasteiger partial charge in [0.15, 0.2) is 0 Å². The average molecular weight is 607 g/mol. The summed E-state index contributed by atoms with van der Waals surface area (Å²) in [6.45, 7) is 0. The maximum atomic E-state index is 2.37. The van der Waals surface area contributed by atoms with Crippen molar-refractivity contribution in [2.75, 3.05) is 0 Å². The van der Waals surface area contributed by atoms with Gasteiger partial charge in [0, 0.05) is 0 Å².